The zero-order valence-corrected chi connectivity index (χ0v) is 12.1. The average Bonchev–Trinajstić information content (AvgIpc) is 2.52. The van der Waals surface area contributed by atoms with Crippen molar-refractivity contribution in [3.63, 3.8) is 0 Å². The second-order valence-corrected chi connectivity index (χ2v) is 4.35. The van der Waals surface area contributed by atoms with Crippen LogP contribution < -0.4 is 9.47 Å². The van der Waals surface area contributed by atoms with Gasteiger partial charge in [-0.05, 0) is 30.3 Å². The predicted octanol–water partition coefficient (Wildman–Crippen LogP) is 3.34. The van der Waals surface area contributed by atoms with Crippen molar-refractivity contribution in [2.45, 2.75) is 6.61 Å². The van der Waals surface area contributed by atoms with Gasteiger partial charge in [0.05, 0.1) is 14.2 Å². The van der Waals surface area contributed by atoms with E-state index in [2.05, 4.69) is 0 Å². The van der Waals surface area contributed by atoms with E-state index in [1.807, 2.05) is 0 Å². The highest BCUT2D eigenvalue weighted by molar-refractivity contribution is 5.90. The minimum atomic E-state index is -1.08. The van der Waals surface area contributed by atoms with Gasteiger partial charge in [-0.3, -0.25) is 0 Å². The van der Waals surface area contributed by atoms with Crippen LogP contribution in [0.2, 0.25) is 0 Å². The lowest BCUT2D eigenvalue weighted by Gasteiger charge is -2.11. The molecule has 0 unspecified atom stereocenters. The average molecular weight is 308 g/mol. The highest BCUT2D eigenvalue weighted by atomic mass is 19.1. The molecular weight excluding hydrogens is 294 g/mol. The van der Waals surface area contributed by atoms with Gasteiger partial charge >= 0.3 is 5.97 Å². The number of esters is 1. The molecule has 116 valence electrons. The number of carbonyl (C=O) groups excluding carboxylic acids is 1. The minimum absolute atomic E-state index is 0.201. The maximum atomic E-state index is 13.5. The number of halogens is 2. The first-order valence-electron chi connectivity index (χ1n) is 6.39. The topological polar surface area (TPSA) is 44.8 Å². The molecule has 22 heavy (non-hydrogen) atoms. The van der Waals surface area contributed by atoms with Crippen molar-refractivity contribution in [3.8, 4) is 11.5 Å². The summed E-state index contributed by atoms with van der Waals surface area (Å²) in [4.78, 5) is 11.8. The van der Waals surface area contributed by atoms with Gasteiger partial charge in [0.2, 0.25) is 0 Å². The lowest BCUT2D eigenvalue weighted by molar-refractivity contribution is 0.0458. The van der Waals surface area contributed by atoms with Gasteiger partial charge in [0.25, 0.3) is 0 Å². The molecule has 2 aromatic rings. The van der Waals surface area contributed by atoms with E-state index in [0.717, 1.165) is 12.1 Å². The smallest absolute Gasteiger partial charge is 0.344 e. The van der Waals surface area contributed by atoms with Crippen molar-refractivity contribution in [2.75, 3.05) is 14.2 Å². The fourth-order valence-corrected chi connectivity index (χ4v) is 1.90. The second kappa shape index (κ2) is 6.89. The SMILES string of the molecule is COc1ccc(OC)c(COC(=O)c2c(F)cccc2F)c1. The van der Waals surface area contributed by atoms with E-state index < -0.39 is 23.2 Å². The Kier molecular flexibility index (Phi) is 4.93. The summed E-state index contributed by atoms with van der Waals surface area (Å²) in [5, 5.41) is 0. The number of carbonyl (C=O) groups is 1. The van der Waals surface area contributed by atoms with Crippen LogP contribution in [0.4, 0.5) is 8.78 Å². The normalized spacial score (nSPS) is 10.2. The van der Waals surface area contributed by atoms with Crippen LogP contribution in [0.5, 0.6) is 11.5 Å². The van der Waals surface area contributed by atoms with Crippen molar-refractivity contribution < 1.29 is 27.8 Å². The lowest BCUT2D eigenvalue weighted by Crippen LogP contribution is -2.10. The number of ether oxygens (including phenoxy) is 3. The Balaban J connectivity index is 2.18. The molecule has 4 nitrogen and oxygen atoms in total. The Morgan fingerprint density at radius 3 is 2.32 bits per heavy atom. The van der Waals surface area contributed by atoms with Crippen molar-refractivity contribution >= 4 is 5.97 Å². The van der Waals surface area contributed by atoms with E-state index in [-0.39, 0.29) is 6.61 Å². The van der Waals surface area contributed by atoms with Gasteiger partial charge in [-0.25, -0.2) is 13.6 Å². The molecule has 0 aliphatic heterocycles. The fraction of sp³-hybridized carbons (Fsp3) is 0.188. The van der Waals surface area contributed by atoms with Gasteiger partial charge in [-0.15, -0.1) is 0 Å². The largest absolute Gasteiger partial charge is 0.497 e. The van der Waals surface area contributed by atoms with Gasteiger partial charge in [0, 0.05) is 5.56 Å². The molecule has 0 heterocycles. The van der Waals surface area contributed by atoms with Crippen LogP contribution in [0.3, 0.4) is 0 Å². The van der Waals surface area contributed by atoms with Gasteiger partial charge in [-0.2, -0.15) is 0 Å². The van der Waals surface area contributed by atoms with Crippen LogP contribution in [-0.4, -0.2) is 20.2 Å². The van der Waals surface area contributed by atoms with Crippen LogP contribution in [0.1, 0.15) is 15.9 Å². The van der Waals surface area contributed by atoms with Crippen LogP contribution in [0, 0.1) is 11.6 Å². The minimum Gasteiger partial charge on any atom is -0.497 e. The van der Waals surface area contributed by atoms with Gasteiger partial charge in [0.1, 0.15) is 35.3 Å². The molecule has 0 bridgehead atoms. The number of benzene rings is 2. The summed E-state index contributed by atoms with van der Waals surface area (Å²) < 4.78 is 42.2. The van der Waals surface area contributed by atoms with Crippen LogP contribution >= 0.6 is 0 Å². The molecule has 0 atom stereocenters. The van der Waals surface area contributed by atoms with Crippen molar-refractivity contribution in [1.82, 2.24) is 0 Å². The maximum absolute atomic E-state index is 13.5. The summed E-state index contributed by atoms with van der Waals surface area (Å²) in [6.45, 7) is -0.201. The van der Waals surface area contributed by atoms with Crippen LogP contribution in [-0.2, 0) is 11.3 Å². The van der Waals surface area contributed by atoms with E-state index in [0.29, 0.717) is 17.1 Å². The summed E-state index contributed by atoms with van der Waals surface area (Å²) in [7, 11) is 2.95. The molecule has 2 rings (SSSR count). The number of rotatable bonds is 5. The van der Waals surface area contributed by atoms with Crippen molar-refractivity contribution in [1.29, 1.82) is 0 Å². The third kappa shape index (κ3) is 3.33. The third-order valence-electron chi connectivity index (χ3n) is 3.01. The standard InChI is InChI=1S/C16H14F2O4/c1-20-11-6-7-14(21-2)10(8-11)9-22-16(19)15-12(17)4-3-5-13(15)18/h3-8H,9H2,1-2H3. The van der Waals surface area contributed by atoms with Crippen molar-refractivity contribution in [3.05, 3.63) is 59.2 Å². The van der Waals surface area contributed by atoms with E-state index >= 15 is 0 Å². The van der Waals surface area contributed by atoms with Crippen LogP contribution in [0.25, 0.3) is 0 Å². The van der Waals surface area contributed by atoms with E-state index in [4.69, 9.17) is 14.2 Å². The Labute approximate surface area is 126 Å². The van der Waals surface area contributed by atoms with Crippen LogP contribution in [0.15, 0.2) is 36.4 Å². The Hall–Kier alpha value is -2.63. The zero-order valence-electron chi connectivity index (χ0n) is 12.1. The first kappa shape index (κ1) is 15.8. The molecule has 0 spiro atoms. The molecule has 0 saturated heterocycles. The summed E-state index contributed by atoms with van der Waals surface area (Å²) in [6, 6.07) is 8.10. The second-order valence-electron chi connectivity index (χ2n) is 4.35. The molecule has 0 amide bonds. The maximum Gasteiger partial charge on any atom is 0.344 e. The molecule has 0 fully saturated rings. The van der Waals surface area contributed by atoms with Gasteiger partial charge in [-0.1, -0.05) is 6.07 Å². The molecular formula is C16H14F2O4. The summed E-state index contributed by atoms with van der Waals surface area (Å²) >= 11 is 0. The van der Waals surface area contributed by atoms with Crippen molar-refractivity contribution in [2.24, 2.45) is 0 Å². The molecule has 6 heteroatoms. The number of methoxy groups -OCH3 is 2. The predicted molar refractivity (Wildman–Crippen MR) is 75.0 cm³/mol. The Morgan fingerprint density at radius 2 is 1.73 bits per heavy atom. The highest BCUT2D eigenvalue weighted by Gasteiger charge is 2.19. The summed E-state index contributed by atoms with van der Waals surface area (Å²) in [5.41, 5.74) is -0.198. The molecule has 0 saturated carbocycles. The first-order chi connectivity index (χ1) is 10.6. The molecule has 0 aliphatic rings. The third-order valence-corrected chi connectivity index (χ3v) is 3.01. The quantitative estimate of drug-likeness (QED) is 0.795. The van der Waals surface area contributed by atoms with Gasteiger partial charge in [0.15, 0.2) is 0 Å². The van der Waals surface area contributed by atoms with E-state index in [1.165, 1.54) is 20.3 Å². The molecule has 0 N–H and O–H groups in total. The molecule has 0 aromatic heterocycles. The summed E-state index contributed by atoms with van der Waals surface area (Å²) in [5.74, 6) is -2.00. The monoisotopic (exact) mass is 308 g/mol. The molecule has 0 radical (unpaired) electrons. The van der Waals surface area contributed by atoms with Gasteiger partial charge < -0.3 is 14.2 Å². The Morgan fingerprint density at radius 1 is 1.05 bits per heavy atom. The summed E-state index contributed by atoms with van der Waals surface area (Å²) in [6.07, 6.45) is 0. The van der Waals surface area contributed by atoms with E-state index in [1.54, 1.807) is 18.2 Å². The van der Waals surface area contributed by atoms with E-state index in [9.17, 15) is 13.6 Å². The zero-order chi connectivity index (χ0) is 16.1. The lowest BCUT2D eigenvalue weighted by atomic mass is 10.2. The number of hydrogen-bond donors (Lipinski definition) is 0. The first-order valence-corrected chi connectivity index (χ1v) is 6.39. The fourth-order valence-electron chi connectivity index (χ4n) is 1.90. The molecule has 2 aromatic carbocycles. The Bertz CT molecular complexity index is 666. The highest BCUT2D eigenvalue weighted by Crippen LogP contribution is 2.25. The molecule has 0 aliphatic carbocycles. The number of hydrogen-bond acceptors (Lipinski definition) is 4.